The highest BCUT2D eigenvalue weighted by Crippen LogP contribution is 2.22. The van der Waals surface area contributed by atoms with Crippen molar-refractivity contribution in [3.8, 4) is 23.3 Å². The number of benzene rings is 2. The van der Waals surface area contributed by atoms with E-state index in [2.05, 4.69) is 11.8 Å². The number of carbonyl (C=O) groups excluding carboxylic acids is 1. The molecule has 1 atom stereocenters. The van der Waals surface area contributed by atoms with Crippen LogP contribution in [0.4, 0.5) is 0 Å². The van der Waals surface area contributed by atoms with E-state index >= 15 is 0 Å². The third kappa shape index (κ3) is 4.89. The summed E-state index contributed by atoms with van der Waals surface area (Å²) in [4.78, 5) is 10.7. The van der Waals surface area contributed by atoms with Gasteiger partial charge < -0.3 is 14.3 Å². The van der Waals surface area contributed by atoms with Crippen molar-refractivity contribution in [3.05, 3.63) is 59.7 Å². The Bertz CT molecular complexity index is 676. The Balaban J connectivity index is 1.98. The molecule has 23 heavy (non-hydrogen) atoms. The minimum absolute atomic E-state index is 0.0480. The Morgan fingerprint density at radius 2 is 1.70 bits per heavy atom. The van der Waals surface area contributed by atoms with Gasteiger partial charge in [0, 0.05) is 6.42 Å². The molecular weight excluding hydrogens is 288 g/mol. The van der Waals surface area contributed by atoms with Crippen LogP contribution in [0, 0.1) is 11.8 Å². The molecule has 0 amide bonds. The maximum absolute atomic E-state index is 10.7. The Kier molecular flexibility index (Phi) is 6.26. The van der Waals surface area contributed by atoms with Gasteiger partial charge in [-0.15, -0.1) is 5.92 Å². The summed E-state index contributed by atoms with van der Waals surface area (Å²) < 4.78 is 10.9. The van der Waals surface area contributed by atoms with Gasteiger partial charge in [-0.2, -0.15) is 0 Å². The lowest BCUT2D eigenvalue weighted by Crippen LogP contribution is -1.98. The van der Waals surface area contributed by atoms with Crippen LogP contribution in [0.15, 0.2) is 48.5 Å². The van der Waals surface area contributed by atoms with Gasteiger partial charge in [-0.05, 0) is 42.3 Å². The number of hydrogen-bond donors (Lipinski definition) is 0. The van der Waals surface area contributed by atoms with Crippen LogP contribution in [0.3, 0.4) is 0 Å². The number of methoxy groups -OCH3 is 1. The van der Waals surface area contributed by atoms with E-state index in [1.54, 1.807) is 14.0 Å². The van der Waals surface area contributed by atoms with Crippen molar-refractivity contribution >= 4 is 6.29 Å². The molecule has 3 nitrogen and oxygen atoms in total. The van der Waals surface area contributed by atoms with Crippen molar-refractivity contribution in [2.75, 3.05) is 7.11 Å². The zero-order chi connectivity index (χ0) is 16.5. The fraction of sp³-hybridized carbons (Fsp3) is 0.250. The van der Waals surface area contributed by atoms with Crippen LogP contribution >= 0.6 is 0 Å². The predicted molar refractivity (Wildman–Crippen MR) is 90.6 cm³/mol. The number of carbonyl (C=O) groups is 1. The monoisotopic (exact) mass is 308 g/mol. The first-order valence-corrected chi connectivity index (χ1v) is 7.48. The van der Waals surface area contributed by atoms with Gasteiger partial charge in [-0.1, -0.05) is 30.2 Å². The maximum atomic E-state index is 10.7. The molecule has 0 aliphatic heterocycles. The molecular formula is C20H20O3. The molecule has 0 aliphatic carbocycles. The molecule has 2 rings (SSSR count). The first-order valence-electron chi connectivity index (χ1n) is 7.48. The Labute approximate surface area is 137 Å². The molecule has 0 N–H and O–H groups in total. The zero-order valence-corrected chi connectivity index (χ0v) is 13.4. The first-order chi connectivity index (χ1) is 11.3. The SMILES string of the molecule is CC#C[C@@H](CC=O)c1ccc(OCc2ccc(OC)cc2)cc1. The maximum Gasteiger partial charge on any atom is 0.121 e. The van der Waals surface area contributed by atoms with Gasteiger partial charge in [-0.25, -0.2) is 0 Å². The van der Waals surface area contributed by atoms with Crippen LogP contribution in [-0.2, 0) is 11.4 Å². The molecule has 3 heteroatoms. The highest BCUT2D eigenvalue weighted by Gasteiger charge is 2.08. The smallest absolute Gasteiger partial charge is 0.121 e. The number of rotatable bonds is 7. The van der Waals surface area contributed by atoms with Crippen LogP contribution < -0.4 is 9.47 Å². The summed E-state index contributed by atoms with van der Waals surface area (Å²) in [6.45, 7) is 2.28. The van der Waals surface area contributed by atoms with Crippen LogP contribution in [0.2, 0.25) is 0 Å². The third-order valence-electron chi connectivity index (χ3n) is 3.50. The van der Waals surface area contributed by atoms with Crippen LogP contribution in [-0.4, -0.2) is 13.4 Å². The summed E-state index contributed by atoms with van der Waals surface area (Å²) in [5.41, 5.74) is 2.11. The molecule has 118 valence electrons. The molecule has 0 heterocycles. The average molecular weight is 308 g/mol. The standard InChI is InChI=1S/C20H20O3/c1-3-4-17(13-14-21)18-7-11-20(12-8-18)23-15-16-5-9-19(22-2)10-6-16/h5-12,14,17H,13,15H2,1-2H3/t17-/m0/s1. The molecule has 0 fully saturated rings. The van der Waals surface area contributed by atoms with Crippen molar-refractivity contribution in [2.45, 2.75) is 25.9 Å². The molecule has 0 aromatic heterocycles. The van der Waals surface area contributed by atoms with Crippen molar-refractivity contribution in [2.24, 2.45) is 0 Å². The second-order valence-corrected chi connectivity index (χ2v) is 5.06. The van der Waals surface area contributed by atoms with Crippen LogP contribution in [0.1, 0.15) is 30.4 Å². The Morgan fingerprint density at radius 1 is 1.04 bits per heavy atom. The molecule has 0 saturated heterocycles. The highest BCUT2D eigenvalue weighted by molar-refractivity contribution is 5.53. The van der Waals surface area contributed by atoms with Gasteiger partial charge in [0.05, 0.1) is 13.0 Å². The topological polar surface area (TPSA) is 35.5 Å². The van der Waals surface area contributed by atoms with E-state index in [0.717, 1.165) is 28.9 Å². The first kappa shape index (κ1) is 16.6. The van der Waals surface area contributed by atoms with Gasteiger partial charge >= 0.3 is 0 Å². The minimum Gasteiger partial charge on any atom is -0.497 e. The summed E-state index contributed by atoms with van der Waals surface area (Å²) in [6.07, 6.45) is 1.32. The second kappa shape index (κ2) is 8.65. The fourth-order valence-electron chi connectivity index (χ4n) is 2.23. The van der Waals surface area contributed by atoms with Crippen LogP contribution in [0.25, 0.3) is 0 Å². The summed E-state index contributed by atoms with van der Waals surface area (Å²) in [5, 5.41) is 0. The molecule has 0 unspecified atom stereocenters. The van der Waals surface area contributed by atoms with Gasteiger partial charge in [0.25, 0.3) is 0 Å². The molecule has 2 aromatic rings. The van der Waals surface area contributed by atoms with E-state index < -0.39 is 0 Å². The summed E-state index contributed by atoms with van der Waals surface area (Å²) in [7, 11) is 1.65. The van der Waals surface area contributed by atoms with Crippen molar-refractivity contribution in [1.82, 2.24) is 0 Å². The van der Waals surface area contributed by atoms with E-state index in [1.807, 2.05) is 48.5 Å². The minimum atomic E-state index is -0.0480. The number of hydrogen-bond acceptors (Lipinski definition) is 3. The van der Waals surface area contributed by atoms with E-state index in [-0.39, 0.29) is 5.92 Å². The quantitative estimate of drug-likeness (QED) is 0.573. The molecule has 0 radical (unpaired) electrons. The lowest BCUT2D eigenvalue weighted by molar-refractivity contribution is -0.107. The van der Waals surface area contributed by atoms with Crippen molar-refractivity contribution < 1.29 is 14.3 Å². The number of aldehydes is 1. The fourth-order valence-corrected chi connectivity index (χ4v) is 2.23. The predicted octanol–water partition coefficient (Wildman–Crippen LogP) is 3.97. The van der Waals surface area contributed by atoms with Gasteiger partial charge in [-0.3, -0.25) is 0 Å². The lowest BCUT2D eigenvalue weighted by atomic mass is 9.97. The summed E-state index contributed by atoms with van der Waals surface area (Å²) >= 11 is 0. The van der Waals surface area contributed by atoms with Gasteiger partial charge in [0.1, 0.15) is 24.4 Å². The molecule has 0 bridgehead atoms. The van der Waals surface area contributed by atoms with Gasteiger partial charge in [0.2, 0.25) is 0 Å². The molecule has 0 aliphatic rings. The second-order valence-electron chi connectivity index (χ2n) is 5.06. The highest BCUT2D eigenvalue weighted by atomic mass is 16.5. The molecule has 0 saturated carbocycles. The number of ether oxygens (including phenoxy) is 2. The summed E-state index contributed by atoms with van der Waals surface area (Å²) in [5.74, 6) is 7.50. The lowest BCUT2D eigenvalue weighted by Gasteiger charge is -2.10. The van der Waals surface area contributed by atoms with E-state index in [1.165, 1.54) is 0 Å². The molecule has 2 aromatic carbocycles. The van der Waals surface area contributed by atoms with Crippen molar-refractivity contribution in [3.63, 3.8) is 0 Å². The average Bonchev–Trinajstić information content (AvgIpc) is 2.61. The summed E-state index contributed by atoms with van der Waals surface area (Å²) in [6, 6.07) is 15.5. The van der Waals surface area contributed by atoms with Gasteiger partial charge in [0.15, 0.2) is 0 Å². The van der Waals surface area contributed by atoms with E-state index in [0.29, 0.717) is 13.0 Å². The zero-order valence-electron chi connectivity index (χ0n) is 13.4. The largest absolute Gasteiger partial charge is 0.497 e. The normalized spacial score (nSPS) is 11.0. The molecule has 0 spiro atoms. The van der Waals surface area contributed by atoms with E-state index in [9.17, 15) is 4.79 Å². The van der Waals surface area contributed by atoms with Crippen LogP contribution in [0.5, 0.6) is 11.5 Å². The Hall–Kier alpha value is -2.73. The van der Waals surface area contributed by atoms with E-state index in [4.69, 9.17) is 9.47 Å². The third-order valence-corrected chi connectivity index (χ3v) is 3.50. The van der Waals surface area contributed by atoms with Crippen molar-refractivity contribution in [1.29, 1.82) is 0 Å². The Morgan fingerprint density at radius 3 is 2.26 bits per heavy atom.